The molecule has 2 N–H and O–H groups in total. The zero-order chi connectivity index (χ0) is 17.8. The minimum Gasteiger partial charge on any atom is -0.297 e. The fourth-order valence-corrected chi connectivity index (χ4v) is 5.87. The van der Waals surface area contributed by atoms with Gasteiger partial charge < -0.3 is 0 Å². The maximum atomic E-state index is 13.2. The van der Waals surface area contributed by atoms with Gasteiger partial charge in [-0.2, -0.15) is 0 Å². The number of nitro benzene ring substituents is 1. The highest BCUT2D eigenvalue weighted by molar-refractivity contribution is 5.91. The topological polar surface area (TPSA) is 69.1 Å². The summed E-state index contributed by atoms with van der Waals surface area (Å²) in [6.07, 6.45) is 3.43. The van der Waals surface area contributed by atoms with Crippen molar-refractivity contribution in [2.75, 3.05) is 26.2 Å². The highest BCUT2D eigenvalue weighted by Gasteiger charge is 2.69. The molecule has 6 nitrogen and oxygen atoms in total. The summed E-state index contributed by atoms with van der Waals surface area (Å²) in [7, 11) is 0. The first-order valence-electron chi connectivity index (χ1n) is 9.37. The molecule has 0 spiro atoms. The molecule has 4 heterocycles. The number of ketones is 1. The van der Waals surface area contributed by atoms with E-state index >= 15 is 0 Å². The second-order valence-electron chi connectivity index (χ2n) is 8.58. The normalized spacial score (nSPS) is 39.0. The number of quaternary nitrogens is 2. The van der Waals surface area contributed by atoms with Crippen molar-refractivity contribution in [3.05, 3.63) is 39.9 Å². The zero-order valence-electron chi connectivity index (χ0n) is 15.0. The molecule has 6 heteroatoms. The van der Waals surface area contributed by atoms with Gasteiger partial charge in [0, 0.05) is 12.1 Å². The minimum atomic E-state index is -0.317. The van der Waals surface area contributed by atoms with E-state index in [1.54, 1.807) is 18.2 Å². The Hall–Kier alpha value is -1.79. The van der Waals surface area contributed by atoms with Gasteiger partial charge in [0.1, 0.15) is 23.9 Å². The third kappa shape index (κ3) is 2.42. The highest BCUT2D eigenvalue weighted by atomic mass is 16.6. The number of hydrogen-bond donors (Lipinski definition) is 2. The van der Waals surface area contributed by atoms with Crippen LogP contribution in [0.5, 0.6) is 0 Å². The lowest BCUT2D eigenvalue weighted by Crippen LogP contribution is -3.41. The monoisotopic (exact) mass is 345 g/mol. The van der Waals surface area contributed by atoms with E-state index in [1.165, 1.54) is 9.80 Å². The van der Waals surface area contributed by atoms with Crippen LogP contribution in [-0.2, 0) is 4.79 Å². The number of nitro groups is 1. The standard InChI is InChI=1S/C19H25N3O3/c1-3-4-8-19-12-20-10-18(2,17(19)23)11-21(13-19)16(20)14-6-5-7-15(9-14)22(24)25/h5-7,9,16H,3-4,8,10-13H2,1-2H3/p+2. The summed E-state index contributed by atoms with van der Waals surface area (Å²) in [5, 5.41) is 11.2. The third-order valence-electron chi connectivity index (χ3n) is 6.63. The van der Waals surface area contributed by atoms with Gasteiger partial charge in [-0.1, -0.05) is 25.8 Å². The smallest absolute Gasteiger partial charge is 0.270 e. The maximum absolute atomic E-state index is 13.2. The highest BCUT2D eigenvalue weighted by Crippen LogP contribution is 2.39. The number of unbranched alkanes of at least 4 members (excludes halogenated alkanes) is 1. The maximum Gasteiger partial charge on any atom is 0.270 e. The number of nitrogens with zero attached hydrogens (tertiary/aromatic N) is 1. The predicted octanol–water partition coefficient (Wildman–Crippen LogP) is 0.156. The van der Waals surface area contributed by atoms with Crippen molar-refractivity contribution in [3.63, 3.8) is 0 Å². The van der Waals surface area contributed by atoms with Crippen LogP contribution in [0.4, 0.5) is 5.69 Å². The molecule has 1 aromatic carbocycles. The van der Waals surface area contributed by atoms with Crippen LogP contribution >= 0.6 is 0 Å². The average Bonchev–Trinajstić information content (AvgIpc) is 2.57. The Kier molecular flexibility index (Phi) is 3.74. The first kappa shape index (κ1) is 16.7. The molecule has 25 heavy (non-hydrogen) atoms. The van der Waals surface area contributed by atoms with E-state index in [-0.39, 0.29) is 27.6 Å². The van der Waals surface area contributed by atoms with Crippen molar-refractivity contribution in [3.8, 4) is 0 Å². The van der Waals surface area contributed by atoms with Crippen molar-refractivity contribution >= 4 is 11.5 Å². The largest absolute Gasteiger partial charge is 0.297 e. The third-order valence-corrected chi connectivity index (χ3v) is 6.63. The quantitative estimate of drug-likeness (QED) is 0.590. The number of rotatable bonds is 5. The van der Waals surface area contributed by atoms with E-state index in [0.29, 0.717) is 5.78 Å². The Morgan fingerprint density at radius 2 is 1.92 bits per heavy atom. The summed E-state index contributed by atoms with van der Waals surface area (Å²) in [6, 6.07) is 7.10. The number of non-ortho nitro benzene ring substituents is 1. The molecule has 134 valence electrons. The lowest BCUT2D eigenvalue weighted by atomic mass is 9.59. The summed E-state index contributed by atoms with van der Waals surface area (Å²) in [5.74, 6) is 0.485. The van der Waals surface area contributed by atoms with Crippen LogP contribution in [0.3, 0.4) is 0 Å². The van der Waals surface area contributed by atoms with Crippen LogP contribution in [-0.4, -0.2) is 36.9 Å². The van der Waals surface area contributed by atoms with Gasteiger partial charge in [-0.25, -0.2) is 0 Å². The van der Waals surface area contributed by atoms with Crippen LogP contribution in [0, 0.1) is 20.9 Å². The van der Waals surface area contributed by atoms with E-state index in [9.17, 15) is 14.9 Å². The van der Waals surface area contributed by atoms with Crippen molar-refractivity contribution < 1.29 is 19.5 Å². The van der Waals surface area contributed by atoms with Crippen molar-refractivity contribution in [2.24, 2.45) is 10.8 Å². The molecule has 2 unspecified atom stereocenters. The Bertz CT molecular complexity index is 716. The van der Waals surface area contributed by atoms with E-state index < -0.39 is 0 Å². The van der Waals surface area contributed by atoms with E-state index in [2.05, 4.69) is 13.8 Å². The molecule has 0 radical (unpaired) electrons. The number of Topliss-reactive ketones (excluding diaryl/α,β-unsaturated/α-hetero) is 1. The Labute approximate surface area is 147 Å². The molecule has 4 fully saturated rings. The molecule has 0 amide bonds. The van der Waals surface area contributed by atoms with Crippen LogP contribution in [0.25, 0.3) is 0 Å². The lowest BCUT2D eigenvalue weighted by molar-refractivity contribution is -1.18. The van der Waals surface area contributed by atoms with E-state index in [4.69, 9.17) is 0 Å². The van der Waals surface area contributed by atoms with Gasteiger partial charge in [-0.05, 0) is 19.4 Å². The summed E-state index contributed by atoms with van der Waals surface area (Å²) >= 11 is 0. The summed E-state index contributed by atoms with van der Waals surface area (Å²) < 4.78 is 0. The first-order chi connectivity index (χ1) is 11.9. The molecule has 0 aliphatic carbocycles. The zero-order valence-corrected chi connectivity index (χ0v) is 15.0. The van der Waals surface area contributed by atoms with Crippen LogP contribution in [0.1, 0.15) is 44.8 Å². The van der Waals surface area contributed by atoms with Crippen molar-refractivity contribution in [1.29, 1.82) is 0 Å². The molecule has 4 bridgehead atoms. The number of hydrogen-bond acceptors (Lipinski definition) is 3. The summed E-state index contributed by atoms with van der Waals surface area (Å²) in [6.45, 7) is 7.81. The Morgan fingerprint density at radius 3 is 2.52 bits per heavy atom. The van der Waals surface area contributed by atoms with Gasteiger partial charge in [0.2, 0.25) is 6.17 Å². The van der Waals surface area contributed by atoms with Gasteiger partial charge >= 0.3 is 0 Å². The molecule has 4 saturated heterocycles. The van der Waals surface area contributed by atoms with E-state index in [0.717, 1.165) is 51.0 Å². The van der Waals surface area contributed by atoms with Crippen molar-refractivity contribution in [1.82, 2.24) is 0 Å². The molecule has 4 aliphatic rings. The fourth-order valence-electron chi connectivity index (χ4n) is 5.87. The van der Waals surface area contributed by atoms with Gasteiger partial charge in [-0.3, -0.25) is 24.7 Å². The summed E-state index contributed by atoms with van der Waals surface area (Å²) in [5.41, 5.74) is 0.796. The number of carbonyl (C=O) groups is 1. The van der Waals surface area contributed by atoms with Crippen LogP contribution in [0.15, 0.2) is 24.3 Å². The Balaban J connectivity index is 1.69. The second-order valence-corrected chi connectivity index (χ2v) is 8.58. The second kappa shape index (κ2) is 5.61. The van der Waals surface area contributed by atoms with Crippen molar-refractivity contribution in [2.45, 2.75) is 39.3 Å². The number of nitrogens with one attached hydrogen (secondary N) is 2. The molecular formula is C19H27N3O3+2. The van der Waals surface area contributed by atoms with Crippen LogP contribution < -0.4 is 9.80 Å². The molecule has 4 aliphatic heterocycles. The molecule has 0 aromatic heterocycles. The van der Waals surface area contributed by atoms with E-state index in [1.807, 2.05) is 6.07 Å². The van der Waals surface area contributed by atoms with Gasteiger partial charge in [0.25, 0.3) is 5.69 Å². The summed E-state index contributed by atoms with van der Waals surface area (Å²) in [4.78, 5) is 26.9. The minimum absolute atomic E-state index is 0.162. The molecular weight excluding hydrogens is 318 g/mol. The number of carbonyl (C=O) groups excluding carboxylic acids is 1. The van der Waals surface area contributed by atoms with Crippen LogP contribution in [0.2, 0.25) is 0 Å². The fraction of sp³-hybridized carbons (Fsp3) is 0.632. The average molecular weight is 345 g/mol. The number of piperidine rings is 2. The van der Waals surface area contributed by atoms with Gasteiger partial charge in [-0.15, -0.1) is 0 Å². The SMILES string of the molecule is CCCCC12C[NH+]3CC(C)(C[NH+](C1)C3c1cccc([N+](=O)[O-])c1)C2=O. The Morgan fingerprint density at radius 1 is 1.24 bits per heavy atom. The predicted molar refractivity (Wildman–Crippen MR) is 92.3 cm³/mol. The molecule has 5 rings (SSSR count). The molecule has 1 aromatic rings. The van der Waals surface area contributed by atoms with Gasteiger partial charge in [0.05, 0.1) is 23.6 Å². The molecule has 0 saturated carbocycles. The molecule has 2 atom stereocenters. The number of benzene rings is 1. The lowest BCUT2D eigenvalue weighted by Gasteiger charge is -2.59. The first-order valence-corrected chi connectivity index (χ1v) is 9.37. The van der Waals surface area contributed by atoms with Gasteiger partial charge in [0.15, 0.2) is 5.78 Å².